The second-order valence-electron chi connectivity index (χ2n) is 2.96. The molecule has 0 amide bonds. The highest BCUT2D eigenvalue weighted by Crippen LogP contribution is 2.29. The van der Waals surface area contributed by atoms with E-state index in [4.69, 9.17) is 16.3 Å². The third kappa shape index (κ3) is 3.92. The molecule has 1 aromatic carbocycles. The molecule has 0 spiro atoms. The third-order valence-corrected chi connectivity index (χ3v) is 2.00. The number of carbonyl (C=O) groups excluding carboxylic acids is 1. The number of halogens is 1. The first-order valence-electron chi connectivity index (χ1n) is 4.77. The van der Waals surface area contributed by atoms with E-state index in [1.165, 1.54) is 18.2 Å². The van der Waals surface area contributed by atoms with Crippen LogP contribution in [0.2, 0.25) is 5.02 Å². The van der Waals surface area contributed by atoms with Crippen LogP contribution in [0.1, 0.15) is 6.92 Å². The Balaban J connectivity index is 2.78. The van der Waals surface area contributed by atoms with Crippen molar-refractivity contribution in [3.8, 4) is 5.75 Å². The predicted octanol–water partition coefficient (Wildman–Crippen LogP) is 2.19. The molecule has 17 heavy (non-hydrogen) atoms. The molecule has 7 heteroatoms. The second kappa shape index (κ2) is 6.05. The van der Waals surface area contributed by atoms with Crippen LogP contribution < -0.4 is 4.74 Å². The first-order chi connectivity index (χ1) is 8.04. The summed E-state index contributed by atoms with van der Waals surface area (Å²) in [5, 5.41) is 11.0. The number of esters is 1. The monoisotopic (exact) mass is 259 g/mol. The Morgan fingerprint density at radius 1 is 1.53 bits per heavy atom. The van der Waals surface area contributed by atoms with Crippen molar-refractivity contribution in [2.24, 2.45) is 0 Å². The number of carbonyl (C=O) groups is 1. The van der Waals surface area contributed by atoms with E-state index in [0.717, 1.165) is 0 Å². The van der Waals surface area contributed by atoms with Crippen molar-refractivity contribution in [2.45, 2.75) is 6.92 Å². The van der Waals surface area contributed by atoms with Gasteiger partial charge in [-0.25, -0.2) is 4.79 Å². The minimum atomic E-state index is -0.614. The van der Waals surface area contributed by atoms with Gasteiger partial charge in [0.2, 0.25) is 0 Å². The van der Waals surface area contributed by atoms with E-state index in [-0.39, 0.29) is 23.1 Å². The van der Waals surface area contributed by atoms with Crippen LogP contribution in [0.4, 0.5) is 5.69 Å². The zero-order chi connectivity index (χ0) is 12.8. The van der Waals surface area contributed by atoms with Crippen LogP contribution in [-0.2, 0) is 9.53 Å². The predicted molar refractivity (Wildman–Crippen MR) is 60.2 cm³/mol. The lowest BCUT2D eigenvalue weighted by molar-refractivity contribution is -0.385. The summed E-state index contributed by atoms with van der Waals surface area (Å²) in [6.45, 7) is 1.48. The van der Waals surface area contributed by atoms with Gasteiger partial charge in [0, 0.05) is 17.2 Å². The number of benzene rings is 1. The second-order valence-corrected chi connectivity index (χ2v) is 3.40. The van der Waals surface area contributed by atoms with E-state index in [1.54, 1.807) is 6.92 Å². The smallest absolute Gasteiger partial charge is 0.344 e. The average molecular weight is 260 g/mol. The number of hydrogen-bond acceptors (Lipinski definition) is 5. The topological polar surface area (TPSA) is 78.7 Å². The molecule has 0 aliphatic carbocycles. The Bertz CT molecular complexity index is 435. The maximum Gasteiger partial charge on any atom is 0.344 e. The van der Waals surface area contributed by atoms with Crippen LogP contribution in [0.3, 0.4) is 0 Å². The van der Waals surface area contributed by atoms with Gasteiger partial charge in [-0.3, -0.25) is 10.1 Å². The summed E-state index contributed by atoms with van der Waals surface area (Å²) < 4.78 is 9.62. The lowest BCUT2D eigenvalue weighted by atomic mass is 10.3. The Hall–Kier alpha value is -1.82. The molecule has 0 fully saturated rings. The third-order valence-electron chi connectivity index (χ3n) is 1.77. The molecule has 0 aliphatic rings. The van der Waals surface area contributed by atoms with Crippen molar-refractivity contribution in [1.29, 1.82) is 0 Å². The summed E-state index contributed by atoms with van der Waals surface area (Å²) in [5.74, 6) is -0.655. The van der Waals surface area contributed by atoms with Gasteiger partial charge in [-0.1, -0.05) is 11.6 Å². The van der Waals surface area contributed by atoms with Gasteiger partial charge in [0.1, 0.15) is 0 Å². The van der Waals surface area contributed by atoms with Crippen LogP contribution in [-0.4, -0.2) is 24.1 Å². The van der Waals surface area contributed by atoms with Crippen molar-refractivity contribution < 1.29 is 19.2 Å². The highest BCUT2D eigenvalue weighted by Gasteiger charge is 2.16. The van der Waals surface area contributed by atoms with Crippen LogP contribution >= 0.6 is 11.6 Å². The molecule has 6 nitrogen and oxygen atoms in total. The number of nitro benzene ring substituents is 1. The summed E-state index contributed by atoms with van der Waals surface area (Å²) in [5.41, 5.74) is -0.251. The molecule has 0 bridgehead atoms. The van der Waals surface area contributed by atoms with E-state index < -0.39 is 17.5 Å². The summed E-state index contributed by atoms with van der Waals surface area (Å²) in [4.78, 5) is 21.1. The molecule has 0 heterocycles. The lowest BCUT2D eigenvalue weighted by Crippen LogP contribution is -2.15. The summed E-state index contributed by atoms with van der Waals surface area (Å²) in [6.07, 6.45) is 0. The largest absolute Gasteiger partial charge is 0.475 e. The fraction of sp³-hybridized carbons (Fsp3) is 0.300. The highest BCUT2D eigenvalue weighted by molar-refractivity contribution is 6.30. The van der Waals surface area contributed by atoms with Crippen molar-refractivity contribution in [2.75, 3.05) is 13.2 Å². The minimum absolute atomic E-state index is 0.0597. The van der Waals surface area contributed by atoms with Gasteiger partial charge in [0.15, 0.2) is 12.4 Å². The molecule has 0 aliphatic heterocycles. The number of ether oxygens (including phenoxy) is 2. The van der Waals surface area contributed by atoms with Crippen molar-refractivity contribution in [3.63, 3.8) is 0 Å². The normalized spacial score (nSPS) is 9.76. The molecule has 0 saturated carbocycles. The first-order valence-corrected chi connectivity index (χ1v) is 5.14. The summed E-state index contributed by atoms with van der Waals surface area (Å²) in [7, 11) is 0. The lowest BCUT2D eigenvalue weighted by Gasteiger charge is -2.06. The molecular weight excluding hydrogens is 250 g/mol. The molecule has 1 rings (SSSR count). The van der Waals surface area contributed by atoms with Gasteiger partial charge in [0.05, 0.1) is 11.5 Å². The number of hydrogen-bond donors (Lipinski definition) is 0. The quantitative estimate of drug-likeness (QED) is 0.460. The Kier molecular flexibility index (Phi) is 4.71. The fourth-order valence-corrected chi connectivity index (χ4v) is 1.26. The molecule has 1 aromatic rings. The first kappa shape index (κ1) is 13.2. The SMILES string of the molecule is CCOC(=O)COc1cc(Cl)ccc1[N+](=O)[O-]. The molecule has 0 radical (unpaired) electrons. The summed E-state index contributed by atoms with van der Waals surface area (Å²) >= 11 is 5.68. The van der Waals surface area contributed by atoms with Crippen molar-refractivity contribution in [1.82, 2.24) is 0 Å². The van der Waals surface area contributed by atoms with Gasteiger partial charge in [0.25, 0.3) is 0 Å². The minimum Gasteiger partial charge on any atom is -0.475 e. The number of nitro groups is 1. The number of nitrogens with zero attached hydrogens (tertiary/aromatic N) is 1. The van der Waals surface area contributed by atoms with E-state index in [1.807, 2.05) is 0 Å². The fourth-order valence-electron chi connectivity index (χ4n) is 1.09. The maximum absolute atomic E-state index is 11.0. The Morgan fingerprint density at radius 2 is 2.24 bits per heavy atom. The van der Waals surface area contributed by atoms with E-state index in [0.29, 0.717) is 0 Å². The van der Waals surface area contributed by atoms with E-state index in [2.05, 4.69) is 4.74 Å². The average Bonchev–Trinajstić information content (AvgIpc) is 2.26. The van der Waals surface area contributed by atoms with E-state index in [9.17, 15) is 14.9 Å². The van der Waals surface area contributed by atoms with Crippen LogP contribution in [0.5, 0.6) is 5.75 Å². The molecule has 92 valence electrons. The molecule has 0 unspecified atom stereocenters. The zero-order valence-electron chi connectivity index (χ0n) is 9.01. The van der Waals surface area contributed by atoms with Crippen molar-refractivity contribution >= 4 is 23.3 Å². The standard InChI is InChI=1S/C10H10ClNO5/c1-2-16-10(13)6-17-9-5-7(11)3-4-8(9)12(14)15/h3-5H,2,6H2,1H3. The van der Waals surface area contributed by atoms with Crippen LogP contribution in [0.15, 0.2) is 18.2 Å². The van der Waals surface area contributed by atoms with Gasteiger partial charge >= 0.3 is 11.7 Å². The van der Waals surface area contributed by atoms with Gasteiger partial charge in [-0.2, -0.15) is 0 Å². The van der Waals surface area contributed by atoms with Crippen LogP contribution in [0, 0.1) is 10.1 Å². The molecule has 0 atom stereocenters. The van der Waals surface area contributed by atoms with Crippen LogP contribution in [0.25, 0.3) is 0 Å². The Labute approximate surface area is 102 Å². The van der Waals surface area contributed by atoms with E-state index >= 15 is 0 Å². The van der Waals surface area contributed by atoms with Crippen molar-refractivity contribution in [3.05, 3.63) is 33.3 Å². The van der Waals surface area contributed by atoms with Gasteiger partial charge in [-0.05, 0) is 13.0 Å². The molecule has 0 N–H and O–H groups in total. The zero-order valence-corrected chi connectivity index (χ0v) is 9.77. The number of rotatable bonds is 5. The summed E-state index contributed by atoms with van der Waals surface area (Å²) in [6, 6.07) is 3.86. The highest BCUT2D eigenvalue weighted by atomic mass is 35.5. The maximum atomic E-state index is 11.0. The molecular formula is C10H10ClNO5. The van der Waals surface area contributed by atoms with Gasteiger partial charge < -0.3 is 9.47 Å². The Morgan fingerprint density at radius 3 is 2.82 bits per heavy atom. The van der Waals surface area contributed by atoms with Gasteiger partial charge in [-0.15, -0.1) is 0 Å². The molecule has 0 aromatic heterocycles. The molecule has 0 saturated heterocycles.